The van der Waals surface area contributed by atoms with E-state index in [1.807, 2.05) is 12.5 Å². The lowest BCUT2D eigenvalue weighted by Crippen LogP contribution is -2.37. The molecule has 1 aliphatic heterocycles. The largest absolute Gasteiger partial charge is 0.333 e. The van der Waals surface area contributed by atoms with E-state index in [1.54, 1.807) is 0 Å². The highest BCUT2D eigenvalue weighted by Gasteiger charge is 2.17. The highest BCUT2D eigenvalue weighted by Crippen LogP contribution is 2.21. The fourth-order valence-electron chi connectivity index (χ4n) is 2.52. The molecule has 0 aromatic carbocycles. The van der Waals surface area contributed by atoms with Crippen LogP contribution < -0.4 is 5.32 Å². The number of nitrogens with zero attached hydrogens (tertiary/aromatic N) is 2. The van der Waals surface area contributed by atoms with Crippen molar-refractivity contribution in [2.24, 2.45) is 5.41 Å². The number of hydrogen-bond acceptors (Lipinski definition) is 2. The molecule has 0 bridgehead atoms. The standard InChI is InChI=1S/C14H25N3/c1-14(2,3)8-13-9-15-11-17(13)10-12-6-4-5-7-16-12/h9,11-12,16H,4-8,10H2,1-3H3. The van der Waals surface area contributed by atoms with E-state index in [-0.39, 0.29) is 0 Å². The lowest BCUT2D eigenvalue weighted by molar-refractivity contribution is 0.348. The quantitative estimate of drug-likeness (QED) is 0.873. The number of hydrogen-bond donors (Lipinski definition) is 1. The summed E-state index contributed by atoms with van der Waals surface area (Å²) in [6.45, 7) is 9.09. The van der Waals surface area contributed by atoms with Crippen molar-refractivity contribution in [2.75, 3.05) is 6.54 Å². The van der Waals surface area contributed by atoms with Crippen LogP contribution in [-0.2, 0) is 13.0 Å². The van der Waals surface area contributed by atoms with Crippen molar-refractivity contribution in [2.45, 2.75) is 59.0 Å². The van der Waals surface area contributed by atoms with Gasteiger partial charge in [0.2, 0.25) is 0 Å². The monoisotopic (exact) mass is 235 g/mol. The predicted octanol–water partition coefficient (Wildman–Crippen LogP) is 2.61. The van der Waals surface area contributed by atoms with Gasteiger partial charge in [0.15, 0.2) is 0 Å². The Hall–Kier alpha value is -0.830. The van der Waals surface area contributed by atoms with E-state index < -0.39 is 0 Å². The van der Waals surface area contributed by atoms with E-state index in [1.165, 1.54) is 31.5 Å². The molecule has 1 atom stereocenters. The van der Waals surface area contributed by atoms with Gasteiger partial charge in [-0.15, -0.1) is 0 Å². The van der Waals surface area contributed by atoms with Gasteiger partial charge in [0.25, 0.3) is 0 Å². The average Bonchev–Trinajstić information content (AvgIpc) is 2.65. The van der Waals surface area contributed by atoms with Crippen LogP contribution in [-0.4, -0.2) is 22.1 Å². The maximum atomic E-state index is 4.31. The van der Waals surface area contributed by atoms with Crippen LogP contribution in [0.5, 0.6) is 0 Å². The minimum Gasteiger partial charge on any atom is -0.333 e. The Bertz CT molecular complexity index is 343. The topological polar surface area (TPSA) is 29.9 Å². The zero-order valence-electron chi connectivity index (χ0n) is 11.4. The van der Waals surface area contributed by atoms with E-state index in [4.69, 9.17) is 0 Å². The van der Waals surface area contributed by atoms with Crippen molar-refractivity contribution in [3.8, 4) is 0 Å². The molecule has 0 aliphatic carbocycles. The molecule has 0 amide bonds. The fourth-order valence-corrected chi connectivity index (χ4v) is 2.52. The molecule has 3 nitrogen and oxygen atoms in total. The van der Waals surface area contributed by atoms with Gasteiger partial charge in [-0.05, 0) is 31.2 Å². The first-order valence-electron chi connectivity index (χ1n) is 6.77. The number of aromatic nitrogens is 2. The zero-order valence-corrected chi connectivity index (χ0v) is 11.4. The van der Waals surface area contributed by atoms with Gasteiger partial charge in [0.1, 0.15) is 0 Å². The Labute approximate surface area is 105 Å². The third-order valence-electron chi connectivity index (χ3n) is 3.34. The van der Waals surface area contributed by atoms with Crippen molar-refractivity contribution in [1.29, 1.82) is 0 Å². The van der Waals surface area contributed by atoms with Gasteiger partial charge in [0.05, 0.1) is 6.33 Å². The summed E-state index contributed by atoms with van der Waals surface area (Å²) < 4.78 is 2.33. The second kappa shape index (κ2) is 5.21. The molecule has 2 rings (SSSR count). The van der Waals surface area contributed by atoms with Crippen LogP contribution in [0.15, 0.2) is 12.5 Å². The molecule has 0 saturated carbocycles. The van der Waals surface area contributed by atoms with Gasteiger partial charge in [-0.2, -0.15) is 0 Å². The van der Waals surface area contributed by atoms with Gasteiger partial charge in [-0.3, -0.25) is 0 Å². The lowest BCUT2D eigenvalue weighted by Gasteiger charge is -2.25. The van der Waals surface area contributed by atoms with Gasteiger partial charge < -0.3 is 9.88 Å². The molecule has 1 saturated heterocycles. The molecule has 96 valence electrons. The van der Waals surface area contributed by atoms with E-state index >= 15 is 0 Å². The van der Waals surface area contributed by atoms with Crippen molar-refractivity contribution in [3.63, 3.8) is 0 Å². The SMILES string of the molecule is CC(C)(C)Cc1cncn1CC1CCCCN1. The maximum Gasteiger partial charge on any atom is 0.0948 e. The summed E-state index contributed by atoms with van der Waals surface area (Å²) in [7, 11) is 0. The zero-order chi connectivity index (χ0) is 12.3. The summed E-state index contributed by atoms with van der Waals surface area (Å²) in [4.78, 5) is 4.31. The van der Waals surface area contributed by atoms with Gasteiger partial charge in [-0.25, -0.2) is 4.98 Å². The maximum absolute atomic E-state index is 4.31. The lowest BCUT2D eigenvalue weighted by atomic mass is 9.90. The van der Waals surface area contributed by atoms with Gasteiger partial charge in [0, 0.05) is 24.5 Å². The van der Waals surface area contributed by atoms with Crippen LogP contribution in [0.3, 0.4) is 0 Å². The van der Waals surface area contributed by atoms with Crippen LogP contribution in [0.4, 0.5) is 0 Å². The Kier molecular flexibility index (Phi) is 3.87. The molecule has 1 N–H and O–H groups in total. The van der Waals surface area contributed by atoms with E-state index in [0.29, 0.717) is 11.5 Å². The first kappa shape index (κ1) is 12.6. The van der Waals surface area contributed by atoms with Crippen molar-refractivity contribution in [1.82, 2.24) is 14.9 Å². The second-order valence-electron chi connectivity index (χ2n) is 6.42. The van der Waals surface area contributed by atoms with Gasteiger partial charge in [-0.1, -0.05) is 27.2 Å². The third kappa shape index (κ3) is 3.84. The number of nitrogens with one attached hydrogen (secondary N) is 1. The van der Waals surface area contributed by atoms with Crippen molar-refractivity contribution in [3.05, 3.63) is 18.2 Å². The molecule has 17 heavy (non-hydrogen) atoms. The summed E-state index contributed by atoms with van der Waals surface area (Å²) in [6.07, 6.45) is 9.09. The molecule has 1 aromatic rings. The molecule has 1 aromatic heterocycles. The molecular weight excluding hydrogens is 210 g/mol. The Morgan fingerprint density at radius 3 is 2.88 bits per heavy atom. The van der Waals surface area contributed by atoms with Crippen LogP contribution in [0, 0.1) is 5.41 Å². The van der Waals surface area contributed by atoms with Gasteiger partial charge >= 0.3 is 0 Å². The molecular formula is C14H25N3. The van der Waals surface area contributed by atoms with Crippen LogP contribution in [0.25, 0.3) is 0 Å². The minimum atomic E-state index is 0.331. The molecule has 0 spiro atoms. The van der Waals surface area contributed by atoms with Crippen LogP contribution >= 0.6 is 0 Å². The summed E-state index contributed by atoms with van der Waals surface area (Å²) in [6, 6.07) is 0.636. The minimum absolute atomic E-state index is 0.331. The number of piperidine rings is 1. The average molecular weight is 235 g/mol. The smallest absolute Gasteiger partial charge is 0.0948 e. The van der Waals surface area contributed by atoms with Crippen LogP contribution in [0.1, 0.15) is 45.7 Å². The summed E-state index contributed by atoms with van der Waals surface area (Å²) in [5.74, 6) is 0. The predicted molar refractivity (Wildman–Crippen MR) is 71.0 cm³/mol. The molecule has 1 unspecified atom stereocenters. The number of rotatable bonds is 3. The molecule has 1 aliphatic rings. The Morgan fingerprint density at radius 2 is 2.24 bits per heavy atom. The summed E-state index contributed by atoms with van der Waals surface area (Å²) in [5.41, 5.74) is 1.70. The van der Waals surface area contributed by atoms with Crippen LogP contribution in [0.2, 0.25) is 0 Å². The van der Waals surface area contributed by atoms with E-state index in [2.05, 4.69) is 35.6 Å². The highest BCUT2D eigenvalue weighted by molar-refractivity contribution is 5.02. The first-order chi connectivity index (χ1) is 8.04. The Balaban J connectivity index is 1.98. The molecule has 0 radical (unpaired) electrons. The second-order valence-corrected chi connectivity index (χ2v) is 6.42. The Morgan fingerprint density at radius 1 is 1.41 bits per heavy atom. The summed E-state index contributed by atoms with van der Waals surface area (Å²) in [5, 5.41) is 3.60. The number of imidazole rings is 1. The fraction of sp³-hybridized carbons (Fsp3) is 0.786. The van der Waals surface area contributed by atoms with E-state index in [9.17, 15) is 0 Å². The summed E-state index contributed by atoms with van der Waals surface area (Å²) >= 11 is 0. The molecule has 1 fully saturated rings. The van der Waals surface area contributed by atoms with Crippen molar-refractivity contribution >= 4 is 0 Å². The normalized spacial score (nSPS) is 21.7. The molecule has 3 heteroatoms. The van der Waals surface area contributed by atoms with Crippen molar-refractivity contribution < 1.29 is 0 Å². The highest BCUT2D eigenvalue weighted by atomic mass is 15.1. The third-order valence-corrected chi connectivity index (χ3v) is 3.34. The molecule has 2 heterocycles. The first-order valence-corrected chi connectivity index (χ1v) is 6.77. The van der Waals surface area contributed by atoms with E-state index in [0.717, 1.165) is 13.0 Å².